The number of thiophene rings is 1. The van der Waals surface area contributed by atoms with Crippen LogP contribution in [0.4, 0.5) is 4.79 Å². The molecule has 1 N–H and O–H groups in total. The Morgan fingerprint density at radius 1 is 1.32 bits per heavy atom. The molecule has 2 aromatic rings. The molecule has 0 unspecified atom stereocenters. The van der Waals surface area contributed by atoms with Gasteiger partial charge in [0, 0.05) is 37.1 Å². The standard InChI is InChI=1S/C13H17BrN2S.C8H17NO2/c1-4-5-6-9-7-10-12(17-9)11(14)8-16(3)13(10)15-2;1-5-6-9-7(10)11-8(2,3)4/h7-8H,4-6H2,1-3H3;5-6H2,1-4H3,(H,9,10). The highest BCUT2D eigenvalue weighted by atomic mass is 79.9. The molecule has 158 valence electrons. The lowest BCUT2D eigenvalue weighted by molar-refractivity contribution is 0.0528. The highest BCUT2D eigenvalue weighted by Gasteiger charge is 2.14. The number of carbonyl (C=O) groups excluding carboxylic acids is 1. The fourth-order valence-electron chi connectivity index (χ4n) is 2.56. The Balaban J connectivity index is 0.000000311. The van der Waals surface area contributed by atoms with Crippen molar-refractivity contribution >= 4 is 43.4 Å². The summed E-state index contributed by atoms with van der Waals surface area (Å²) in [5.41, 5.74) is 0.667. The number of amides is 1. The van der Waals surface area contributed by atoms with Gasteiger partial charge in [-0.3, -0.25) is 4.99 Å². The molecule has 0 aliphatic heterocycles. The van der Waals surface area contributed by atoms with E-state index >= 15 is 0 Å². The number of halogens is 1. The zero-order valence-corrected chi connectivity index (χ0v) is 20.6. The fraction of sp³-hybridized carbons (Fsp3) is 0.619. The second-order valence-electron chi connectivity index (χ2n) is 7.62. The van der Waals surface area contributed by atoms with Gasteiger partial charge in [0.05, 0.1) is 9.17 Å². The van der Waals surface area contributed by atoms with E-state index in [2.05, 4.69) is 50.0 Å². The zero-order chi connectivity index (χ0) is 21.3. The van der Waals surface area contributed by atoms with E-state index in [1.54, 1.807) is 0 Å². The number of aryl methyl sites for hydroxylation is 2. The van der Waals surface area contributed by atoms with Gasteiger partial charge < -0.3 is 14.6 Å². The van der Waals surface area contributed by atoms with Crippen LogP contribution in [0.2, 0.25) is 0 Å². The molecule has 0 aliphatic carbocycles. The van der Waals surface area contributed by atoms with Crippen LogP contribution in [0.3, 0.4) is 0 Å². The molecule has 0 saturated heterocycles. The molecular formula is C21H34BrN3O2S. The number of rotatable bonds is 5. The van der Waals surface area contributed by atoms with E-state index in [1.807, 2.05) is 53.1 Å². The van der Waals surface area contributed by atoms with Gasteiger partial charge in [-0.1, -0.05) is 20.3 Å². The monoisotopic (exact) mass is 471 g/mol. The number of hydrogen-bond donors (Lipinski definition) is 1. The van der Waals surface area contributed by atoms with E-state index in [1.165, 1.54) is 34.2 Å². The highest BCUT2D eigenvalue weighted by molar-refractivity contribution is 9.10. The number of carbonyl (C=O) groups is 1. The van der Waals surface area contributed by atoms with Crippen molar-refractivity contribution in [1.82, 2.24) is 9.88 Å². The largest absolute Gasteiger partial charge is 0.444 e. The predicted molar refractivity (Wildman–Crippen MR) is 123 cm³/mol. The third-order valence-corrected chi connectivity index (χ3v) is 5.88. The van der Waals surface area contributed by atoms with Crippen LogP contribution in [0.1, 0.15) is 58.8 Å². The van der Waals surface area contributed by atoms with Gasteiger partial charge in [0.1, 0.15) is 11.1 Å². The number of fused-ring (bicyclic) bond motifs is 1. The molecule has 0 aromatic carbocycles. The van der Waals surface area contributed by atoms with E-state index < -0.39 is 5.60 Å². The number of nitrogens with one attached hydrogen (secondary N) is 1. The van der Waals surface area contributed by atoms with E-state index in [4.69, 9.17) is 4.74 Å². The van der Waals surface area contributed by atoms with E-state index in [0.29, 0.717) is 6.54 Å². The summed E-state index contributed by atoms with van der Waals surface area (Å²) in [6.45, 7) is 10.4. The minimum Gasteiger partial charge on any atom is -0.444 e. The second kappa shape index (κ2) is 11.6. The molecule has 0 atom stereocenters. The summed E-state index contributed by atoms with van der Waals surface area (Å²) in [7, 11) is 3.89. The molecule has 0 fully saturated rings. The van der Waals surface area contributed by atoms with E-state index in [9.17, 15) is 4.79 Å². The van der Waals surface area contributed by atoms with Crippen molar-refractivity contribution in [3.63, 3.8) is 0 Å². The minimum absolute atomic E-state index is 0.334. The van der Waals surface area contributed by atoms with Crippen LogP contribution in [0, 0.1) is 0 Å². The Labute approximate surface area is 181 Å². The van der Waals surface area contributed by atoms with Gasteiger partial charge in [-0.2, -0.15) is 0 Å². The number of pyridine rings is 1. The molecule has 0 saturated carbocycles. The first-order valence-electron chi connectivity index (χ1n) is 9.80. The van der Waals surface area contributed by atoms with Crippen LogP contribution in [0.15, 0.2) is 21.7 Å². The quantitative estimate of drug-likeness (QED) is 0.598. The van der Waals surface area contributed by atoms with E-state index in [-0.39, 0.29) is 6.09 Å². The molecule has 28 heavy (non-hydrogen) atoms. The maximum absolute atomic E-state index is 10.9. The summed E-state index contributed by atoms with van der Waals surface area (Å²) in [6, 6.07) is 2.29. The summed E-state index contributed by atoms with van der Waals surface area (Å²) < 4.78 is 9.54. The normalized spacial score (nSPS) is 11.9. The van der Waals surface area contributed by atoms with Gasteiger partial charge in [0.25, 0.3) is 0 Å². The highest BCUT2D eigenvalue weighted by Crippen LogP contribution is 2.30. The number of aromatic nitrogens is 1. The second-order valence-corrected chi connectivity index (χ2v) is 9.61. The first-order chi connectivity index (χ1) is 13.1. The predicted octanol–water partition coefficient (Wildman–Crippen LogP) is 5.80. The summed E-state index contributed by atoms with van der Waals surface area (Å²) >= 11 is 5.52. The number of hydrogen-bond acceptors (Lipinski definition) is 4. The van der Waals surface area contributed by atoms with Crippen LogP contribution in [-0.4, -0.2) is 29.9 Å². The molecule has 7 heteroatoms. The number of nitrogens with zero attached hydrogens (tertiary/aromatic N) is 2. The first-order valence-corrected chi connectivity index (χ1v) is 11.4. The van der Waals surface area contributed by atoms with Crippen molar-refractivity contribution in [3.05, 3.63) is 27.1 Å². The molecule has 1 amide bonds. The van der Waals surface area contributed by atoms with Crippen LogP contribution in [-0.2, 0) is 18.2 Å². The van der Waals surface area contributed by atoms with Gasteiger partial charge >= 0.3 is 6.09 Å². The lowest BCUT2D eigenvalue weighted by atomic mass is 10.2. The average Bonchev–Trinajstić information content (AvgIpc) is 3.02. The van der Waals surface area contributed by atoms with E-state index in [0.717, 1.165) is 16.4 Å². The molecule has 2 heterocycles. The molecule has 2 rings (SSSR count). The Morgan fingerprint density at radius 3 is 2.54 bits per heavy atom. The van der Waals surface area contributed by atoms with Crippen molar-refractivity contribution in [1.29, 1.82) is 0 Å². The molecule has 2 aromatic heterocycles. The number of alkyl carbamates (subject to hydrolysis) is 1. The maximum Gasteiger partial charge on any atom is 0.407 e. The van der Waals surface area contributed by atoms with Gasteiger partial charge in [-0.15, -0.1) is 11.3 Å². The Morgan fingerprint density at radius 2 is 2.00 bits per heavy atom. The smallest absolute Gasteiger partial charge is 0.407 e. The summed E-state index contributed by atoms with van der Waals surface area (Å²) in [5, 5.41) is 3.89. The molecule has 5 nitrogen and oxygen atoms in total. The lowest BCUT2D eigenvalue weighted by Gasteiger charge is -2.19. The average molecular weight is 472 g/mol. The van der Waals surface area contributed by atoms with Crippen molar-refractivity contribution in [3.8, 4) is 0 Å². The van der Waals surface area contributed by atoms with Gasteiger partial charge in [0.2, 0.25) is 0 Å². The third-order valence-electron chi connectivity index (χ3n) is 3.79. The van der Waals surface area contributed by atoms with Crippen molar-refractivity contribution in [2.24, 2.45) is 12.0 Å². The topological polar surface area (TPSA) is 55.6 Å². The third kappa shape index (κ3) is 7.95. The lowest BCUT2D eigenvalue weighted by Crippen LogP contribution is -2.32. The summed E-state index contributed by atoms with van der Waals surface area (Å²) in [4.78, 5) is 16.7. The summed E-state index contributed by atoms with van der Waals surface area (Å²) in [6.07, 6.45) is 6.36. The number of ether oxygens (including phenoxy) is 1. The van der Waals surface area contributed by atoms with Crippen molar-refractivity contribution in [2.75, 3.05) is 13.6 Å². The van der Waals surface area contributed by atoms with Crippen LogP contribution < -0.4 is 10.8 Å². The molecular weight excluding hydrogens is 438 g/mol. The zero-order valence-electron chi connectivity index (χ0n) is 18.2. The van der Waals surface area contributed by atoms with Gasteiger partial charge in [0.15, 0.2) is 0 Å². The first kappa shape index (κ1) is 24.7. The van der Waals surface area contributed by atoms with Crippen LogP contribution >= 0.6 is 27.3 Å². The fourth-order valence-corrected chi connectivity index (χ4v) is 4.42. The Kier molecular flexibility index (Phi) is 10.2. The molecule has 0 spiro atoms. The maximum atomic E-state index is 10.9. The Hall–Kier alpha value is -1.34. The van der Waals surface area contributed by atoms with Crippen molar-refractivity contribution < 1.29 is 9.53 Å². The SMILES string of the molecule is CCCCc1cc2c(=NC)n(C)cc(Br)c2s1.CCCNC(=O)OC(C)(C)C. The van der Waals surface area contributed by atoms with Crippen LogP contribution in [0.5, 0.6) is 0 Å². The Bertz CT molecular complexity index is 835. The van der Waals surface area contributed by atoms with Crippen LogP contribution in [0.25, 0.3) is 10.1 Å². The minimum atomic E-state index is -0.391. The summed E-state index contributed by atoms with van der Waals surface area (Å²) in [5.74, 6) is 0. The van der Waals surface area contributed by atoms with Gasteiger partial charge in [-0.05, 0) is 62.0 Å². The molecule has 0 radical (unpaired) electrons. The molecule has 0 aliphatic rings. The van der Waals surface area contributed by atoms with Gasteiger partial charge in [-0.25, -0.2) is 4.79 Å². The number of unbranched alkanes of at least 4 members (excludes halogenated alkanes) is 1. The molecule has 0 bridgehead atoms. The van der Waals surface area contributed by atoms with Crippen molar-refractivity contribution in [2.45, 2.75) is 65.9 Å².